The molecule has 10 nitrogen and oxygen atoms in total. The number of piperazine rings is 1. The van der Waals surface area contributed by atoms with Gasteiger partial charge in [-0.25, -0.2) is 13.4 Å². The molecule has 0 spiro atoms. The van der Waals surface area contributed by atoms with Gasteiger partial charge in [0.05, 0.1) is 5.69 Å². The molecule has 2 aliphatic rings. The Morgan fingerprint density at radius 3 is 2.67 bits per heavy atom. The number of hydrogen-bond acceptors (Lipinski definition) is 6. The van der Waals surface area contributed by atoms with E-state index in [1.165, 1.54) is 10.6 Å². The Hall–Kier alpha value is -2.14. The molecule has 150 valence electrons. The van der Waals surface area contributed by atoms with E-state index in [-0.39, 0.29) is 18.2 Å². The van der Waals surface area contributed by atoms with E-state index in [0.29, 0.717) is 50.4 Å². The van der Waals surface area contributed by atoms with Crippen LogP contribution in [0.4, 0.5) is 0 Å². The number of sulfonamides is 1. The summed E-state index contributed by atoms with van der Waals surface area (Å²) in [7, 11) is -3.44. The number of carbonyl (C=O) groups excluding carboxylic acids is 1. The van der Waals surface area contributed by atoms with Crippen LogP contribution in [0.25, 0.3) is 0 Å². The van der Waals surface area contributed by atoms with Crippen LogP contribution < -0.4 is 10.6 Å². The van der Waals surface area contributed by atoms with Gasteiger partial charge in [-0.15, -0.1) is 0 Å². The standard InChI is InChI=1S/C16H26N6O4S/c1-2-17-16(18-11-15(23)19-13-3-4-13)21-6-8-22(9-7-21)27(24,25)12-14-5-10-26-20-14/h5,10,13H,2-4,6-9,11-12H2,1H3,(H,17,18)(H,19,23). The van der Waals surface area contributed by atoms with Crippen LogP contribution in [0.5, 0.6) is 0 Å². The first-order chi connectivity index (χ1) is 13.0. The maximum absolute atomic E-state index is 12.5. The molecule has 0 radical (unpaired) electrons. The predicted octanol–water partition coefficient (Wildman–Crippen LogP) is -0.634. The number of amides is 1. The van der Waals surface area contributed by atoms with E-state index in [1.54, 1.807) is 6.07 Å². The third-order valence-electron chi connectivity index (χ3n) is 4.40. The average molecular weight is 398 g/mol. The van der Waals surface area contributed by atoms with Crippen molar-refractivity contribution in [1.29, 1.82) is 0 Å². The lowest BCUT2D eigenvalue weighted by Crippen LogP contribution is -2.54. The lowest BCUT2D eigenvalue weighted by atomic mass is 10.4. The molecule has 1 aromatic heterocycles. The van der Waals surface area contributed by atoms with Gasteiger partial charge in [-0.05, 0) is 19.8 Å². The summed E-state index contributed by atoms with van der Waals surface area (Å²) in [5.41, 5.74) is 0.397. The average Bonchev–Trinajstić information content (AvgIpc) is 3.31. The van der Waals surface area contributed by atoms with E-state index in [1.807, 2.05) is 11.8 Å². The first kappa shape index (κ1) is 19.6. The van der Waals surface area contributed by atoms with Gasteiger partial charge in [-0.2, -0.15) is 4.31 Å². The minimum atomic E-state index is -3.44. The number of nitrogens with one attached hydrogen (secondary N) is 2. The molecule has 0 atom stereocenters. The van der Waals surface area contributed by atoms with Gasteiger partial charge >= 0.3 is 0 Å². The van der Waals surface area contributed by atoms with Gasteiger partial charge in [-0.3, -0.25) is 4.79 Å². The van der Waals surface area contributed by atoms with Crippen molar-refractivity contribution >= 4 is 21.9 Å². The van der Waals surface area contributed by atoms with Gasteiger partial charge in [-0.1, -0.05) is 5.16 Å². The smallest absolute Gasteiger partial charge is 0.242 e. The van der Waals surface area contributed by atoms with Crippen LogP contribution in [0.1, 0.15) is 25.5 Å². The molecule has 2 fully saturated rings. The molecule has 27 heavy (non-hydrogen) atoms. The highest BCUT2D eigenvalue weighted by atomic mass is 32.2. The third-order valence-corrected chi connectivity index (χ3v) is 6.22. The Kier molecular flexibility index (Phi) is 6.32. The van der Waals surface area contributed by atoms with Crippen LogP contribution in [0, 0.1) is 0 Å². The van der Waals surface area contributed by atoms with E-state index >= 15 is 0 Å². The molecule has 2 heterocycles. The SMILES string of the molecule is CCNC(=NCC(=O)NC1CC1)N1CCN(S(=O)(=O)Cc2ccon2)CC1. The Morgan fingerprint density at radius 1 is 1.33 bits per heavy atom. The maximum atomic E-state index is 12.5. The van der Waals surface area contributed by atoms with E-state index in [2.05, 4.69) is 20.8 Å². The van der Waals surface area contributed by atoms with Crippen molar-refractivity contribution in [3.05, 3.63) is 18.0 Å². The van der Waals surface area contributed by atoms with Gasteiger partial charge in [0.2, 0.25) is 15.9 Å². The summed E-state index contributed by atoms with van der Waals surface area (Å²) in [4.78, 5) is 18.2. The number of aromatic nitrogens is 1. The van der Waals surface area contributed by atoms with Gasteiger partial charge < -0.3 is 20.1 Å². The van der Waals surface area contributed by atoms with Crippen molar-refractivity contribution in [2.45, 2.75) is 31.6 Å². The summed E-state index contributed by atoms with van der Waals surface area (Å²) in [6.45, 7) is 4.44. The number of carbonyl (C=O) groups is 1. The molecular weight excluding hydrogens is 372 g/mol. The van der Waals surface area contributed by atoms with E-state index in [9.17, 15) is 13.2 Å². The fraction of sp³-hybridized carbons (Fsp3) is 0.688. The minimum Gasteiger partial charge on any atom is -0.364 e. The van der Waals surface area contributed by atoms with Gasteiger partial charge in [0.25, 0.3) is 0 Å². The second-order valence-electron chi connectivity index (χ2n) is 6.65. The zero-order chi connectivity index (χ0) is 19.3. The van der Waals surface area contributed by atoms with E-state index in [4.69, 9.17) is 4.52 Å². The predicted molar refractivity (Wildman–Crippen MR) is 99.4 cm³/mol. The molecule has 1 aliphatic heterocycles. The number of rotatable bonds is 7. The Balaban J connectivity index is 1.54. The van der Waals surface area contributed by atoms with Crippen molar-refractivity contribution in [3.63, 3.8) is 0 Å². The summed E-state index contributed by atoms with van der Waals surface area (Å²) < 4.78 is 31.2. The molecule has 1 aliphatic carbocycles. The van der Waals surface area contributed by atoms with Crippen LogP contribution in [-0.4, -0.2) is 80.0 Å². The minimum absolute atomic E-state index is 0.0729. The normalized spacial score (nSPS) is 19.1. The molecule has 0 aromatic carbocycles. The van der Waals surface area contributed by atoms with E-state index in [0.717, 1.165) is 12.8 Å². The number of guanidine groups is 1. The molecule has 1 saturated carbocycles. The fourth-order valence-corrected chi connectivity index (χ4v) is 4.27. The Bertz CT molecular complexity index is 752. The van der Waals surface area contributed by atoms with Crippen LogP contribution in [0.2, 0.25) is 0 Å². The first-order valence-electron chi connectivity index (χ1n) is 9.17. The quantitative estimate of drug-likeness (QED) is 0.463. The molecular formula is C16H26N6O4S. The molecule has 11 heteroatoms. The fourth-order valence-electron chi connectivity index (χ4n) is 2.84. The number of hydrogen-bond donors (Lipinski definition) is 2. The molecule has 1 aromatic rings. The van der Waals surface area contributed by atoms with Crippen molar-refractivity contribution in [2.24, 2.45) is 4.99 Å². The molecule has 0 bridgehead atoms. The second-order valence-corrected chi connectivity index (χ2v) is 8.61. The van der Waals surface area contributed by atoms with Crippen molar-refractivity contribution in [1.82, 2.24) is 25.0 Å². The van der Waals surface area contributed by atoms with Crippen molar-refractivity contribution in [2.75, 3.05) is 39.3 Å². The van der Waals surface area contributed by atoms with Crippen molar-refractivity contribution in [3.8, 4) is 0 Å². The Morgan fingerprint density at radius 2 is 2.07 bits per heavy atom. The van der Waals surface area contributed by atoms with Gasteiger partial charge in [0.15, 0.2) is 5.96 Å². The highest BCUT2D eigenvalue weighted by molar-refractivity contribution is 7.88. The molecule has 3 rings (SSSR count). The summed E-state index contributed by atoms with van der Waals surface area (Å²) in [5.74, 6) is 0.387. The van der Waals surface area contributed by atoms with E-state index < -0.39 is 10.0 Å². The molecule has 2 N–H and O–H groups in total. The summed E-state index contributed by atoms with van der Waals surface area (Å²) in [5, 5.41) is 9.75. The van der Waals surface area contributed by atoms with Crippen LogP contribution in [-0.2, 0) is 20.6 Å². The molecule has 1 saturated heterocycles. The zero-order valence-corrected chi connectivity index (χ0v) is 16.2. The van der Waals surface area contributed by atoms with Gasteiger partial charge in [0.1, 0.15) is 18.6 Å². The first-order valence-corrected chi connectivity index (χ1v) is 10.8. The van der Waals surface area contributed by atoms with Crippen molar-refractivity contribution < 1.29 is 17.7 Å². The van der Waals surface area contributed by atoms with Crippen LogP contribution >= 0.6 is 0 Å². The maximum Gasteiger partial charge on any atom is 0.242 e. The van der Waals surface area contributed by atoms with Gasteiger partial charge in [0, 0.05) is 44.8 Å². The third kappa shape index (κ3) is 5.67. The summed E-state index contributed by atoms with van der Waals surface area (Å²) in [6, 6.07) is 1.87. The number of aliphatic imine (C=N–C) groups is 1. The molecule has 0 unspecified atom stereocenters. The zero-order valence-electron chi connectivity index (χ0n) is 15.4. The summed E-state index contributed by atoms with van der Waals surface area (Å²) >= 11 is 0. The summed E-state index contributed by atoms with van der Waals surface area (Å²) in [6.07, 6.45) is 3.45. The lowest BCUT2D eigenvalue weighted by Gasteiger charge is -2.35. The highest BCUT2D eigenvalue weighted by Gasteiger charge is 2.29. The second kappa shape index (κ2) is 8.70. The molecule has 1 amide bonds. The Labute approximate surface area is 159 Å². The lowest BCUT2D eigenvalue weighted by molar-refractivity contribution is -0.119. The topological polar surface area (TPSA) is 120 Å². The largest absolute Gasteiger partial charge is 0.364 e. The number of nitrogens with zero attached hydrogens (tertiary/aromatic N) is 4. The van der Waals surface area contributed by atoms with Crippen LogP contribution in [0.3, 0.4) is 0 Å². The van der Waals surface area contributed by atoms with Crippen LogP contribution in [0.15, 0.2) is 21.8 Å². The monoisotopic (exact) mass is 398 g/mol. The highest BCUT2D eigenvalue weighted by Crippen LogP contribution is 2.18.